The van der Waals surface area contributed by atoms with Gasteiger partial charge in [0, 0.05) is 19.4 Å². The molecule has 0 aromatic heterocycles. The summed E-state index contributed by atoms with van der Waals surface area (Å²) >= 11 is 0. The lowest BCUT2D eigenvalue weighted by atomic mass is 10.2. The number of nitrogens with zero attached hydrogens (tertiary/aromatic N) is 1. The number of nitrogens with two attached hydrogens (primary N) is 1. The molecule has 0 spiro atoms. The molecule has 0 radical (unpaired) electrons. The van der Waals surface area contributed by atoms with Crippen molar-refractivity contribution < 1.29 is 14.4 Å². The first-order chi connectivity index (χ1) is 6.07. The Morgan fingerprint density at radius 1 is 1.46 bits per heavy atom. The van der Waals surface area contributed by atoms with Crippen LogP contribution in [0.5, 0.6) is 0 Å². The zero-order valence-corrected chi connectivity index (χ0v) is 7.45. The molecule has 1 atom stereocenters. The summed E-state index contributed by atoms with van der Waals surface area (Å²) in [4.78, 5) is 34.4. The van der Waals surface area contributed by atoms with Gasteiger partial charge in [-0.15, -0.1) is 0 Å². The van der Waals surface area contributed by atoms with Gasteiger partial charge in [0.2, 0.25) is 11.8 Å². The summed E-state index contributed by atoms with van der Waals surface area (Å²) in [5, 5.41) is 0. The van der Waals surface area contributed by atoms with Crippen molar-refractivity contribution in [2.24, 2.45) is 5.73 Å². The van der Waals surface area contributed by atoms with E-state index in [4.69, 9.17) is 5.73 Å². The number of hydrogen-bond acceptors (Lipinski definition) is 4. The van der Waals surface area contributed by atoms with Crippen LogP contribution in [-0.2, 0) is 14.4 Å². The van der Waals surface area contributed by atoms with Gasteiger partial charge in [0.05, 0.1) is 0 Å². The Hall–Kier alpha value is -1.23. The average Bonchev–Trinajstić information content (AvgIpc) is 2.36. The highest BCUT2D eigenvalue weighted by atomic mass is 16.2. The van der Waals surface area contributed by atoms with Crippen molar-refractivity contribution in [3.8, 4) is 0 Å². The van der Waals surface area contributed by atoms with Gasteiger partial charge in [-0.25, -0.2) is 0 Å². The summed E-state index contributed by atoms with van der Waals surface area (Å²) in [6.07, 6.45) is 0.394. The third kappa shape index (κ3) is 1.75. The van der Waals surface area contributed by atoms with E-state index in [0.29, 0.717) is 0 Å². The first-order valence-electron chi connectivity index (χ1n) is 4.13. The Morgan fingerprint density at radius 3 is 2.23 bits per heavy atom. The van der Waals surface area contributed by atoms with Crippen LogP contribution >= 0.6 is 0 Å². The van der Waals surface area contributed by atoms with Gasteiger partial charge in [-0.2, -0.15) is 0 Å². The molecule has 1 saturated heterocycles. The highest BCUT2D eigenvalue weighted by Gasteiger charge is 2.36. The molecule has 1 aliphatic rings. The number of rotatable bonds is 3. The molecular weight excluding hydrogens is 172 g/mol. The number of Topliss-reactive ketones (excluding diaryl/α,β-unsaturated/α-hetero) is 1. The Morgan fingerprint density at radius 2 is 1.92 bits per heavy atom. The Bertz CT molecular complexity index is 246. The van der Waals surface area contributed by atoms with Crippen molar-refractivity contribution in [1.82, 2.24) is 4.90 Å². The van der Waals surface area contributed by atoms with Crippen LogP contribution in [0.25, 0.3) is 0 Å². The lowest BCUT2D eigenvalue weighted by Crippen LogP contribution is -2.47. The number of amides is 2. The molecule has 1 fully saturated rings. The smallest absolute Gasteiger partial charge is 0.230 e. The molecule has 1 rings (SSSR count). The fourth-order valence-electron chi connectivity index (χ4n) is 1.39. The topological polar surface area (TPSA) is 80.5 Å². The summed E-state index contributed by atoms with van der Waals surface area (Å²) in [6.45, 7) is 1.34. The fourth-order valence-corrected chi connectivity index (χ4v) is 1.39. The quantitative estimate of drug-likeness (QED) is 0.573. The number of carbonyl (C=O) groups excluding carboxylic acids is 3. The van der Waals surface area contributed by atoms with Gasteiger partial charge < -0.3 is 5.73 Å². The van der Waals surface area contributed by atoms with E-state index in [-0.39, 0.29) is 37.0 Å². The average molecular weight is 184 g/mol. The molecule has 0 unspecified atom stereocenters. The third-order valence-corrected chi connectivity index (χ3v) is 2.09. The molecule has 0 aliphatic carbocycles. The molecule has 0 saturated carbocycles. The molecular formula is C8H12N2O3. The normalized spacial score (nSPS) is 19.4. The molecule has 5 nitrogen and oxygen atoms in total. The zero-order chi connectivity index (χ0) is 10.0. The van der Waals surface area contributed by atoms with Crippen LogP contribution in [0.15, 0.2) is 0 Å². The molecule has 0 bridgehead atoms. The van der Waals surface area contributed by atoms with Crippen molar-refractivity contribution in [2.75, 3.05) is 6.54 Å². The lowest BCUT2D eigenvalue weighted by molar-refractivity contribution is -0.145. The van der Waals surface area contributed by atoms with Crippen molar-refractivity contribution in [2.45, 2.75) is 25.8 Å². The predicted molar refractivity (Wildman–Crippen MR) is 44.6 cm³/mol. The number of hydrogen-bond donors (Lipinski definition) is 1. The summed E-state index contributed by atoms with van der Waals surface area (Å²) in [5.74, 6) is -0.836. The molecule has 2 amide bonds. The Labute approximate surface area is 75.9 Å². The maximum atomic E-state index is 11.2. The van der Waals surface area contributed by atoms with Crippen molar-refractivity contribution >= 4 is 17.6 Å². The minimum atomic E-state index is -0.762. The maximum absolute atomic E-state index is 11.2. The van der Waals surface area contributed by atoms with Crippen LogP contribution in [0.3, 0.4) is 0 Å². The Balaban J connectivity index is 2.84. The van der Waals surface area contributed by atoms with Gasteiger partial charge in [-0.1, -0.05) is 0 Å². The highest BCUT2D eigenvalue weighted by molar-refractivity contribution is 6.05. The van der Waals surface area contributed by atoms with Crippen LogP contribution in [0.2, 0.25) is 0 Å². The van der Waals surface area contributed by atoms with Gasteiger partial charge in [0.25, 0.3) is 0 Å². The van der Waals surface area contributed by atoms with Crippen LogP contribution in [-0.4, -0.2) is 35.1 Å². The minimum Gasteiger partial charge on any atom is -0.328 e. The second-order valence-electron chi connectivity index (χ2n) is 3.02. The zero-order valence-electron chi connectivity index (χ0n) is 7.45. The van der Waals surface area contributed by atoms with E-state index in [1.54, 1.807) is 0 Å². The van der Waals surface area contributed by atoms with Crippen LogP contribution in [0.4, 0.5) is 0 Å². The van der Waals surface area contributed by atoms with Gasteiger partial charge in [-0.3, -0.25) is 19.3 Å². The largest absolute Gasteiger partial charge is 0.328 e. The van der Waals surface area contributed by atoms with E-state index in [0.717, 1.165) is 4.90 Å². The SMILES string of the molecule is CC(=O)[C@H](CN)N1C(=O)CCC1=O. The third-order valence-electron chi connectivity index (χ3n) is 2.09. The fraction of sp³-hybridized carbons (Fsp3) is 0.625. The first kappa shape index (κ1) is 9.85. The maximum Gasteiger partial charge on any atom is 0.230 e. The van der Waals surface area contributed by atoms with E-state index in [2.05, 4.69) is 0 Å². The minimum absolute atomic E-state index is 0.00676. The number of imide groups is 1. The van der Waals surface area contributed by atoms with E-state index >= 15 is 0 Å². The van der Waals surface area contributed by atoms with Crippen LogP contribution < -0.4 is 5.73 Å². The number of likely N-dealkylation sites (tertiary alicyclic amines) is 1. The highest BCUT2D eigenvalue weighted by Crippen LogP contribution is 2.15. The summed E-state index contributed by atoms with van der Waals surface area (Å²) < 4.78 is 0. The van der Waals surface area contributed by atoms with Crippen LogP contribution in [0, 0.1) is 0 Å². The van der Waals surface area contributed by atoms with E-state index in [9.17, 15) is 14.4 Å². The molecule has 5 heteroatoms. The summed E-state index contributed by atoms with van der Waals surface area (Å²) in [6, 6.07) is -0.762. The summed E-state index contributed by atoms with van der Waals surface area (Å²) in [7, 11) is 0. The van der Waals surface area contributed by atoms with Gasteiger partial charge in [0.15, 0.2) is 5.78 Å². The molecule has 0 aromatic carbocycles. The molecule has 0 aromatic rings. The van der Waals surface area contributed by atoms with Crippen molar-refractivity contribution in [3.05, 3.63) is 0 Å². The van der Waals surface area contributed by atoms with Crippen molar-refractivity contribution in [1.29, 1.82) is 0 Å². The molecule has 1 aliphatic heterocycles. The number of carbonyl (C=O) groups is 3. The van der Waals surface area contributed by atoms with E-state index < -0.39 is 6.04 Å². The molecule has 1 heterocycles. The van der Waals surface area contributed by atoms with E-state index in [1.807, 2.05) is 0 Å². The Kier molecular flexibility index (Phi) is 2.77. The second-order valence-corrected chi connectivity index (χ2v) is 3.02. The standard InChI is InChI=1S/C8H12N2O3/c1-5(11)6(4-9)10-7(12)2-3-8(10)13/h6H,2-4,9H2,1H3/t6-/m0/s1. The first-order valence-corrected chi connectivity index (χ1v) is 4.13. The van der Waals surface area contributed by atoms with E-state index in [1.165, 1.54) is 6.92 Å². The van der Waals surface area contributed by atoms with Gasteiger partial charge in [-0.05, 0) is 6.92 Å². The van der Waals surface area contributed by atoms with Gasteiger partial charge >= 0.3 is 0 Å². The monoisotopic (exact) mass is 184 g/mol. The van der Waals surface area contributed by atoms with Crippen molar-refractivity contribution in [3.63, 3.8) is 0 Å². The van der Waals surface area contributed by atoms with Gasteiger partial charge in [0.1, 0.15) is 6.04 Å². The molecule has 72 valence electrons. The molecule has 13 heavy (non-hydrogen) atoms. The van der Waals surface area contributed by atoms with Crippen LogP contribution in [0.1, 0.15) is 19.8 Å². The summed E-state index contributed by atoms with van der Waals surface area (Å²) in [5.41, 5.74) is 5.31. The second kappa shape index (κ2) is 3.66. The molecule has 2 N–H and O–H groups in total. The number of ketones is 1. The predicted octanol–water partition coefficient (Wildman–Crippen LogP) is -0.948. The lowest BCUT2D eigenvalue weighted by Gasteiger charge is -2.21.